The molecule has 0 fully saturated rings. The molecule has 0 aliphatic rings. The van der Waals surface area contributed by atoms with Gasteiger partial charge in [-0.2, -0.15) is 0 Å². The van der Waals surface area contributed by atoms with E-state index in [1.54, 1.807) is 12.1 Å². The fourth-order valence-corrected chi connectivity index (χ4v) is 1.63. The molecule has 16 heavy (non-hydrogen) atoms. The van der Waals surface area contributed by atoms with Crippen LogP contribution in [0.25, 0.3) is 0 Å². The lowest BCUT2D eigenvalue weighted by molar-refractivity contribution is -0.139. The maximum Gasteiger partial charge on any atom is 0.306 e. The number of benzene rings is 1. The minimum absolute atomic E-state index is 0.247. The average molecular weight is 222 g/mol. The summed E-state index contributed by atoms with van der Waals surface area (Å²) in [4.78, 5) is 10.4. The Hall–Kier alpha value is -1.35. The molecule has 0 spiro atoms. The van der Waals surface area contributed by atoms with Gasteiger partial charge in [-0.15, -0.1) is 0 Å². The van der Waals surface area contributed by atoms with Gasteiger partial charge in [0, 0.05) is 0 Å². The van der Waals surface area contributed by atoms with Crippen LogP contribution in [-0.4, -0.2) is 16.2 Å². The first-order chi connectivity index (χ1) is 7.49. The van der Waals surface area contributed by atoms with E-state index in [0.717, 1.165) is 6.42 Å². The second-order valence-electron chi connectivity index (χ2n) is 4.45. The third kappa shape index (κ3) is 4.03. The molecule has 1 aromatic rings. The number of carboxylic acid groups (broad SMARTS) is 1. The zero-order chi connectivity index (χ0) is 12.1. The Balaban J connectivity index is 2.66. The maximum atomic E-state index is 10.4. The molecule has 0 amide bonds. The summed E-state index contributed by atoms with van der Waals surface area (Å²) >= 11 is 0. The van der Waals surface area contributed by atoms with Gasteiger partial charge < -0.3 is 10.2 Å². The number of aliphatic hydroxyl groups is 1. The fourth-order valence-electron chi connectivity index (χ4n) is 1.63. The highest BCUT2D eigenvalue weighted by Crippen LogP contribution is 2.18. The fraction of sp³-hybridized carbons (Fsp3) is 0.462. The van der Waals surface area contributed by atoms with Crippen LogP contribution < -0.4 is 0 Å². The summed E-state index contributed by atoms with van der Waals surface area (Å²) in [5, 5.41) is 18.1. The van der Waals surface area contributed by atoms with Crippen molar-refractivity contribution in [2.45, 2.75) is 32.8 Å². The predicted molar refractivity (Wildman–Crippen MR) is 62.2 cm³/mol. The van der Waals surface area contributed by atoms with E-state index >= 15 is 0 Å². The standard InChI is InChI=1S/C13H18O3/c1-9(2)7-10-3-5-11(6-4-10)12(14)8-13(15)16/h3-6,9,12,14H,7-8H2,1-2H3,(H,15,16)/t12-/m1/s1. The van der Waals surface area contributed by atoms with Crippen molar-refractivity contribution in [1.29, 1.82) is 0 Å². The maximum absolute atomic E-state index is 10.4. The van der Waals surface area contributed by atoms with Crippen molar-refractivity contribution in [1.82, 2.24) is 0 Å². The van der Waals surface area contributed by atoms with Crippen LogP contribution >= 0.6 is 0 Å². The van der Waals surface area contributed by atoms with Crippen molar-refractivity contribution in [2.75, 3.05) is 0 Å². The molecule has 0 bridgehead atoms. The van der Waals surface area contributed by atoms with Gasteiger partial charge in [-0.1, -0.05) is 38.1 Å². The number of hydrogen-bond donors (Lipinski definition) is 2. The molecule has 0 saturated heterocycles. The highest BCUT2D eigenvalue weighted by molar-refractivity contribution is 5.67. The molecule has 0 aliphatic heterocycles. The molecule has 3 nitrogen and oxygen atoms in total. The van der Waals surface area contributed by atoms with E-state index in [-0.39, 0.29) is 6.42 Å². The number of rotatable bonds is 5. The zero-order valence-electron chi connectivity index (χ0n) is 9.68. The molecule has 88 valence electrons. The number of hydrogen-bond acceptors (Lipinski definition) is 2. The average Bonchev–Trinajstić information content (AvgIpc) is 2.16. The Labute approximate surface area is 95.7 Å². The van der Waals surface area contributed by atoms with Crippen LogP contribution in [-0.2, 0) is 11.2 Å². The van der Waals surface area contributed by atoms with Gasteiger partial charge in [0.05, 0.1) is 12.5 Å². The Morgan fingerprint density at radius 2 is 1.81 bits per heavy atom. The van der Waals surface area contributed by atoms with Gasteiger partial charge in [0.15, 0.2) is 0 Å². The summed E-state index contributed by atoms with van der Waals surface area (Å²) in [6, 6.07) is 7.48. The highest BCUT2D eigenvalue weighted by atomic mass is 16.4. The molecular formula is C13H18O3. The first-order valence-electron chi connectivity index (χ1n) is 5.47. The van der Waals surface area contributed by atoms with E-state index in [0.29, 0.717) is 11.5 Å². The van der Waals surface area contributed by atoms with Gasteiger partial charge in [0.2, 0.25) is 0 Å². The third-order valence-electron chi connectivity index (χ3n) is 2.38. The first-order valence-corrected chi connectivity index (χ1v) is 5.47. The molecule has 2 N–H and O–H groups in total. The minimum atomic E-state index is -0.987. The van der Waals surface area contributed by atoms with E-state index in [1.165, 1.54) is 5.56 Å². The van der Waals surface area contributed by atoms with E-state index in [4.69, 9.17) is 5.11 Å². The number of aliphatic carboxylic acids is 1. The lowest BCUT2D eigenvalue weighted by Crippen LogP contribution is -2.05. The Bertz CT molecular complexity index is 341. The van der Waals surface area contributed by atoms with Gasteiger partial charge in [0.1, 0.15) is 0 Å². The normalized spacial score (nSPS) is 12.8. The quantitative estimate of drug-likeness (QED) is 0.804. The van der Waals surface area contributed by atoms with Crippen LogP contribution in [0, 0.1) is 5.92 Å². The van der Waals surface area contributed by atoms with Crippen molar-refractivity contribution in [3.05, 3.63) is 35.4 Å². The summed E-state index contributed by atoms with van der Waals surface area (Å²) in [6.07, 6.45) is -0.163. The molecule has 0 radical (unpaired) electrons. The molecule has 1 aromatic carbocycles. The van der Waals surface area contributed by atoms with Gasteiger partial charge >= 0.3 is 5.97 Å². The summed E-state index contributed by atoms with van der Waals surface area (Å²) in [7, 11) is 0. The summed E-state index contributed by atoms with van der Waals surface area (Å²) in [6.45, 7) is 4.29. The number of aliphatic hydroxyl groups excluding tert-OH is 1. The van der Waals surface area contributed by atoms with Crippen molar-refractivity contribution in [2.24, 2.45) is 5.92 Å². The molecule has 0 aromatic heterocycles. The van der Waals surface area contributed by atoms with Crippen LogP contribution in [0.1, 0.15) is 37.5 Å². The highest BCUT2D eigenvalue weighted by Gasteiger charge is 2.11. The van der Waals surface area contributed by atoms with Crippen molar-refractivity contribution in [3.63, 3.8) is 0 Å². The Kier molecular flexibility index (Phi) is 4.50. The molecule has 0 heterocycles. The van der Waals surface area contributed by atoms with E-state index in [1.807, 2.05) is 12.1 Å². The van der Waals surface area contributed by atoms with E-state index < -0.39 is 12.1 Å². The van der Waals surface area contributed by atoms with Gasteiger partial charge in [0.25, 0.3) is 0 Å². The number of carbonyl (C=O) groups is 1. The van der Waals surface area contributed by atoms with Crippen LogP contribution in [0.15, 0.2) is 24.3 Å². The van der Waals surface area contributed by atoms with E-state index in [2.05, 4.69) is 13.8 Å². The molecule has 1 rings (SSSR count). The molecule has 1 atom stereocenters. The van der Waals surface area contributed by atoms with E-state index in [9.17, 15) is 9.90 Å². The van der Waals surface area contributed by atoms with Crippen molar-refractivity contribution >= 4 is 5.97 Å². The minimum Gasteiger partial charge on any atom is -0.481 e. The number of carboxylic acids is 1. The van der Waals surface area contributed by atoms with Gasteiger partial charge in [-0.3, -0.25) is 4.79 Å². The molecule has 0 aliphatic carbocycles. The van der Waals surface area contributed by atoms with Gasteiger partial charge in [-0.05, 0) is 23.5 Å². The van der Waals surface area contributed by atoms with Crippen LogP contribution in [0.2, 0.25) is 0 Å². The summed E-state index contributed by atoms with van der Waals surface area (Å²) in [5.74, 6) is -0.395. The van der Waals surface area contributed by atoms with Crippen LogP contribution in [0.3, 0.4) is 0 Å². The third-order valence-corrected chi connectivity index (χ3v) is 2.38. The lowest BCUT2D eigenvalue weighted by Gasteiger charge is -2.10. The molecule has 0 unspecified atom stereocenters. The summed E-state index contributed by atoms with van der Waals surface area (Å²) in [5.41, 5.74) is 1.87. The zero-order valence-corrected chi connectivity index (χ0v) is 9.68. The van der Waals surface area contributed by atoms with Crippen molar-refractivity contribution < 1.29 is 15.0 Å². The van der Waals surface area contributed by atoms with Gasteiger partial charge in [-0.25, -0.2) is 0 Å². The smallest absolute Gasteiger partial charge is 0.306 e. The molecule has 0 saturated carbocycles. The second kappa shape index (κ2) is 5.66. The lowest BCUT2D eigenvalue weighted by atomic mass is 9.99. The Morgan fingerprint density at radius 3 is 2.25 bits per heavy atom. The van der Waals surface area contributed by atoms with Crippen LogP contribution in [0.4, 0.5) is 0 Å². The topological polar surface area (TPSA) is 57.5 Å². The monoisotopic (exact) mass is 222 g/mol. The second-order valence-corrected chi connectivity index (χ2v) is 4.45. The molecular weight excluding hydrogens is 204 g/mol. The first kappa shape index (κ1) is 12.7. The largest absolute Gasteiger partial charge is 0.481 e. The summed E-state index contributed by atoms with van der Waals surface area (Å²) < 4.78 is 0. The van der Waals surface area contributed by atoms with Crippen LogP contribution in [0.5, 0.6) is 0 Å². The Morgan fingerprint density at radius 1 is 1.25 bits per heavy atom. The predicted octanol–water partition coefficient (Wildman–Crippen LogP) is 2.39. The SMILES string of the molecule is CC(C)Cc1ccc([C@H](O)CC(=O)O)cc1. The van der Waals surface area contributed by atoms with Crippen molar-refractivity contribution in [3.8, 4) is 0 Å². The molecule has 3 heteroatoms.